The smallest absolute Gasteiger partial charge is 0.243 e. The molecule has 0 spiro atoms. The summed E-state index contributed by atoms with van der Waals surface area (Å²) in [6.45, 7) is 0.543. The van der Waals surface area contributed by atoms with Crippen LogP contribution in [0.15, 0.2) is 42.5 Å². The minimum absolute atomic E-state index is 0.0875. The zero-order valence-electron chi connectivity index (χ0n) is 17.2. The molecule has 166 valence electrons. The fraction of sp³-hybridized carbons (Fsp3) is 0.435. The predicted molar refractivity (Wildman–Crippen MR) is 114 cm³/mol. The molecule has 31 heavy (non-hydrogen) atoms. The fourth-order valence-electron chi connectivity index (χ4n) is 4.21. The Bertz CT molecular complexity index is 940. The van der Waals surface area contributed by atoms with Gasteiger partial charge in [0.15, 0.2) is 5.25 Å². The number of hydrogen-bond donors (Lipinski definition) is 1. The number of carbonyl (C=O) groups is 1. The summed E-state index contributed by atoms with van der Waals surface area (Å²) in [6.07, 6.45) is 2.97. The Morgan fingerprint density at radius 2 is 1.97 bits per heavy atom. The van der Waals surface area contributed by atoms with Crippen LogP contribution in [0.2, 0.25) is 0 Å². The molecule has 2 N–H and O–H groups in total. The molecular formula is C23H26F2N2O3S. The molecule has 2 aromatic carbocycles. The van der Waals surface area contributed by atoms with Crippen LogP contribution in [-0.2, 0) is 32.9 Å². The van der Waals surface area contributed by atoms with E-state index in [0.717, 1.165) is 18.4 Å². The number of halogens is 2. The Labute approximate surface area is 183 Å². The molecule has 2 aliphatic rings. The van der Waals surface area contributed by atoms with Gasteiger partial charge in [0.2, 0.25) is 5.91 Å². The highest BCUT2D eigenvalue weighted by Gasteiger charge is 2.47. The molecule has 1 aliphatic carbocycles. The van der Waals surface area contributed by atoms with Crippen LogP contribution >= 0.6 is 0 Å². The quantitative estimate of drug-likeness (QED) is 0.627. The van der Waals surface area contributed by atoms with Gasteiger partial charge in [-0.3, -0.25) is 4.79 Å². The van der Waals surface area contributed by atoms with Gasteiger partial charge in [0.1, 0.15) is 18.2 Å². The lowest BCUT2D eigenvalue weighted by Gasteiger charge is -2.34. The maximum atomic E-state index is 14.9. The molecule has 0 aromatic heterocycles. The van der Waals surface area contributed by atoms with E-state index in [-0.39, 0.29) is 36.1 Å². The number of benzene rings is 2. The van der Waals surface area contributed by atoms with Crippen molar-refractivity contribution in [2.24, 2.45) is 5.73 Å². The maximum absolute atomic E-state index is 14.9. The Hall–Kier alpha value is -2.00. The lowest BCUT2D eigenvalue weighted by molar-refractivity contribution is -0.122. The molecule has 1 saturated heterocycles. The summed E-state index contributed by atoms with van der Waals surface area (Å²) in [5.74, 6) is -1.61. The summed E-state index contributed by atoms with van der Waals surface area (Å²) in [5, 5.41) is -0.140. The second kappa shape index (κ2) is 9.24. The zero-order chi connectivity index (χ0) is 22.0. The minimum Gasteiger partial charge on any atom is -0.597 e. The number of hydrogen-bond acceptors (Lipinski definition) is 4. The van der Waals surface area contributed by atoms with Crippen molar-refractivity contribution in [3.63, 3.8) is 0 Å². The number of nitrogens with zero attached hydrogens (tertiary/aromatic N) is 1. The van der Waals surface area contributed by atoms with E-state index in [1.165, 1.54) is 12.1 Å². The number of rotatable bonds is 8. The number of carbonyl (C=O) groups excluding carboxylic acids is 1. The van der Waals surface area contributed by atoms with E-state index in [4.69, 9.17) is 10.5 Å². The van der Waals surface area contributed by atoms with Crippen LogP contribution < -0.4 is 5.73 Å². The van der Waals surface area contributed by atoms with Crippen LogP contribution in [0, 0.1) is 11.6 Å². The number of ether oxygens (including phenoxy) is 1. The predicted octanol–water partition coefficient (Wildman–Crippen LogP) is 3.50. The molecule has 1 unspecified atom stereocenters. The molecule has 2 atom stereocenters. The highest BCUT2D eigenvalue weighted by molar-refractivity contribution is 7.89. The Kier molecular flexibility index (Phi) is 6.62. The average molecular weight is 449 g/mol. The monoisotopic (exact) mass is 448 g/mol. The van der Waals surface area contributed by atoms with E-state index >= 15 is 0 Å². The van der Waals surface area contributed by atoms with E-state index < -0.39 is 34.3 Å². The van der Waals surface area contributed by atoms with Gasteiger partial charge in [0.25, 0.3) is 0 Å². The Balaban J connectivity index is 1.48. The maximum Gasteiger partial charge on any atom is 0.243 e. The number of amides is 1. The molecule has 2 fully saturated rings. The zero-order valence-corrected chi connectivity index (χ0v) is 18.0. The second-order valence-corrected chi connectivity index (χ2v) is 9.98. The van der Waals surface area contributed by atoms with Gasteiger partial charge in [-0.05, 0) is 37.0 Å². The van der Waals surface area contributed by atoms with Crippen LogP contribution in [0.3, 0.4) is 0 Å². The first-order valence-electron chi connectivity index (χ1n) is 10.4. The minimum atomic E-state index is -1.32. The fourth-order valence-corrected chi connectivity index (χ4v) is 5.91. The third kappa shape index (κ3) is 4.92. The van der Waals surface area contributed by atoms with Crippen LogP contribution in [0.4, 0.5) is 8.78 Å². The van der Waals surface area contributed by atoms with Crippen molar-refractivity contribution in [1.29, 1.82) is 0 Å². The number of nitrogens with two attached hydrogens (primary N) is 1. The molecule has 0 radical (unpaired) electrons. The first-order chi connectivity index (χ1) is 14.9. The molecule has 1 saturated carbocycles. The van der Waals surface area contributed by atoms with Crippen molar-refractivity contribution < 1.29 is 22.9 Å². The Morgan fingerprint density at radius 1 is 1.23 bits per heavy atom. The van der Waals surface area contributed by atoms with Crippen molar-refractivity contribution in [2.75, 3.05) is 19.8 Å². The average Bonchev–Trinajstić information content (AvgIpc) is 3.53. The molecular weight excluding hydrogens is 422 g/mol. The molecule has 0 bridgehead atoms. The second-order valence-electron chi connectivity index (χ2n) is 8.34. The standard InChI is InChI=1S/C23H26F2N2O3S/c24-19-12-18(23(8-9-23)15-30-14-22(26)28)20(25)11-17(19)13-27-10-4-7-21(31(27)29)16-5-2-1-3-6-16/h1-3,5-6,11-12,21H,4,7-10,13-15H2,(H2,26,28)/t21-,31?/m1/s1. The van der Waals surface area contributed by atoms with Crippen LogP contribution in [-0.4, -0.2) is 34.5 Å². The van der Waals surface area contributed by atoms with E-state index in [1.54, 1.807) is 4.31 Å². The summed E-state index contributed by atoms with van der Waals surface area (Å²) in [4.78, 5) is 10.9. The highest BCUT2D eigenvalue weighted by Crippen LogP contribution is 2.49. The van der Waals surface area contributed by atoms with Crippen molar-refractivity contribution in [1.82, 2.24) is 4.31 Å². The van der Waals surface area contributed by atoms with Gasteiger partial charge in [-0.1, -0.05) is 30.3 Å². The third-order valence-corrected chi connectivity index (χ3v) is 7.89. The van der Waals surface area contributed by atoms with Crippen molar-refractivity contribution in [3.05, 3.63) is 70.8 Å². The molecule has 1 aliphatic heterocycles. The largest absolute Gasteiger partial charge is 0.597 e. The van der Waals surface area contributed by atoms with E-state index in [1.807, 2.05) is 30.3 Å². The lowest BCUT2D eigenvalue weighted by Crippen LogP contribution is -2.39. The van der Waals surface area contributed by atoms with E-state index in [9.17, 15) is 18.1 Å². The molecule has 4 rings (SSSR count). The van der Waals surface area contributed by atoms with Gasteiger partial charge in [0.05, 0.1) is 13.2 Å². The van der Waals surface area contributed by atoms with Gasteiger partial charge in [-0.25, -0.2) is 8.78 Å². The van der Waals surface area contributed by atoms with Crippen molar-refractivity contribution >= 4 is 17.3 Å². The first kappa shape index (κ1) is 22.2. The molecule has 8 heteroatoms. The molecule has 5 nitrogen and oxygen atoms in total. The lowest BCUT2D eigenvalue weighted by atomic mass is 9.94. The summed E-state index contributed by atoms with van der Waals surface area (Å²) >= 11 is -1.32. The summed E-state index contributed by atoms with van der Waals surface area (Å²) in [6, 6.07) is 12.1. The molecule has 1 heterocycles. The van der Waals surface area contributed by atoms with E-state index in [2.05, 4.69) is 0 Å². The van der Waals surface area contributed by atoms with Gasteiger partial charge >= 0.3 is 0 Å². The van der Waals surface area contributed by atoms with Gasteiger partial charge in [-0.15, -0.1) is 4.31 Å². The SMILES string of the molecule is NC(=O)COCC1(c2cc(F)c(CN3CCC[C@H](c4ccccc4)[S+]3[O-])cc2F)CC1. The van der Waals surface area contributed by atoms with Crippen LogP contribution in [0.1, 0.15) is 47.6 Å². The normalized spacial score (nSPS) is 22.9. The number of primary amides is 1. The summed E-state index contributed by atoms with van der Waals surface area (Å²) in [7, 11) is 0. The molecule has 1 amide bonds. The van der Waals surface area contributed by atoms with Gasteiger partial charge in [0, 0.05) is 40.9 Å². The van der Waals surface area contributed by atoms with Crippen LogP contribution in [0.5, 0.6) is 0 Å². The van der Waals surface area contributed by atoms with Gasteiger partial charge < -0.3 is 15.0 Å². The highest BCUT2D eigenvalue weighted by atomic mass is 32.2. The van der Waals surface area contributed by atoms with Crippen LogP contribution in [0.25, 0.3) is 0 Å². The molecule has 2 aromatic rings. The topological polar surface area (TPSA) is 78.6 Å². The van der Waals surface area contributed by atoms with E-state index in [0.29, 0.717) is 19.4 Å². The van der Waals surface area contributed by atoms with Gasteiger partial charge in [-0.2, -0.15) is 0 Å². The summed E-state index contributed by atoms with van der Waals surface area (Å²) < 4.78 is 50.0. The van der Waals surface area contributed by atoms with Crippen molar-refractivity contribution in [3.8, 4) is 0 Å². The third-order valence-electron chi connectivity index (χ3n) is 6.07. The Morgan fingerprint density at radius 3 is 2.65 bits per heavy atom. The summed E-state index contributed by atoms with van der Waals surface area (Å²) in [5.41, 5.74) is 5.92. The first-order valence-corrected chi connectivity index (χ1v) is 11.6. The van der Waals surface area contributed by atoms with Crippen molar-refractivity contribution in [2.45, 2.75) is 42.9 Å².